The standard InChI is InChI=1S/C12H13N3/c1-8-5-6-14-7-10(8)12-4-3-11(13)9(2)15-12/h3-7H,13H2,1-2H3. The van der Waals surface area contributed by atoms with Crippen LogP contribution in [0.1, 0.15) is 11.3 Å². The van der Waals surface area contributed by atoms with Crippen LogP contribution < -0.4 is 5.73 Å². The number of rotatable bonds is 1. The first kappa shape index (κ1) is 9.65. The molecule has 2 aromatic rings. The highest BCUT2D eigenvalue weighted by Gasteiger charge is 2.04. The number of aromatic nitrogens is 2. The molecule has 0 spiro atoms. The number of anilines is 1. The van der Waals surface area contributed by atoms with Crippen molar-refractivity contribution in [3.05, 3.63) is 41.9 Å². The van der Waals surface area contributed by atoms with E-state index >= 15 is 0 Å². The molecule has 2 heterocycles. The Morgan fingerprint density at radius 1 is 1.13 bits per heavy atom. The van der Waals surface area contributed by atoms with Gasteiger partial charge in [0.2, 0.25) is 0 Å². The maximum absolute atomic E-state index is 5.73. The van der Waals surface area contributed by atoms with E-state index in [1.54, 1.807) is 6.20 Å². The van der Waals surface area contributed by atoms with Gasteiger partial charge in [-0.15, -0.1) is 0 Å². The number of pyridine rings is 2. The molecule has 3 heteroatoms. The zero-order valence-electron chi connectivity index (χ0n) is 8.86. The van der Waals surface area contributed by atoms with Crippen molar-refractivity contribution in [1.29, 1.82) is 0 Å². The molecule has 0 atom stereocenters. The molecule has 0 saturated heterocycles. The van der Waals surface area contributed by atoms with Gasteiger partial charge in [-0.05, 0) is 37.6 Å². The quantitative estimate of drug-likeness (QED) is 0.767. The summed E-state index contributed by atoms with van der Waals surface area (Å²) in [4.78, 5) is 8.54. The van der Waals surface area contributed by atoms with E-state index in [4.69, 9.17) is 5.73 Å². The van der Waals surface area contributed by atoms with Crippen LogP contribution in [-0.2, 0) is 0 Å². The van der Waals surface area contributed by atoms with Crippen molar-refractivity contribution in [3.63, 3.8) is 0 Å². The lowest BCUT2D eigenvalue weighted by Crippen LogP contribution is -1.95. The molecule has 0 amide bonds. The molecule has 0 fully saturated rings. The van der Waals surface area contributed by atoms with Crippen molar-refractivity contribution in [3.8, 4) is 11.3 Å². The average molecular weight is 199 g/mol. The van der Waals surface area contributed by atoms with Gasteiger partial charge in [-0.2, -0.15) is 0 Å². The summed E-state index contributed by atoms with van der Waals surface area (Å²) in [6.07, 6.45) is 3.61. The Labute approximate surface area is 89.0 Å². The lowest BCUT2D eigenvalue weighted by molar-refractivity contribution is 1.19. The minimum atomic E-state index is 0.722. The Hall–Kier alpha value is -1.90. The van der Waals surface area contributed by atoms with Gasteiger partial charge in [0.1, 0.15) is 0 Å². The summed E-state index contributed by atoms with van der Waals surface area (Å²) in [5.74, 6) is 0. The molecule has 0 aliphatic rings. The topological polar surface area (TPSA) is 51.8 Å². The second-order valence-corrected chi connectivity index (χ2v) is 3.56. The van der Waals surface area contributed by atoms with Crippen molar-refractivity contribution < 1.29 is 0 Å². The van der Waals surface area contributed by atoms with E-state index in [-0.39, 0.29) is 0 Å². The van der Waals surface area contributed by atoms with Gasteiger partial charge in [-0.3, -0.25) is 9.97 Å². The van der Waals surface area contributed by atoms with E-state index in [0.717, 1.165) is 22.6 Å². The van der Waals surface area contributed by atoms with Crippen molar-refractivity contribution in [2.75, 3.05) is 5.73 Å². The molecule has 2 aromatic heterocycles. The van der Waals surface area contributed by atoms with E-state index in [1.165, 1.54) is 5.56 Å². The number of nitrogen functional groups attached to an aromatic ring is 1. The minimum absolute atomic E-state index is 0.722. The Bertz CT molecular complexity index is 492. The monoisotopic (exact) mass is 199 g/mol. The fourth-order valence-corrected chi connectivity index (χ4v) is 1.45. The summed E-state index contributed by atoms with van der Waals surface area (Å²) in [5, 5.41) is 0. The second-order valence-electron chi connectivity index (χ2n) is 3.56. The average Bonchev–Trinajstić information content (AvgIpc) is 2.23. The molecule has 0 radical (unpaired) electrons. The first-order valence-corrected chi connectivity index (χ1v) is 4.82. The van der Waals surface area contributed by atoms with Crippen molar-refractivity contribution in [2.24, 2.45) is 0 Å². The molecule has 0 aromatic carbocycles. The van der Waals surface area contributed by atoms with Crippen LogP contribution >= 0.6 is 0 Å². The molecule has 0 saturated carbocycles. The number of hydrogen-bond donors (Lipinski definition) is 1. The largest absolute Gasteiger partial charge is 0.397 e. The third kappa shape index (κ3) is 1.81. The highest BCUT2D eigenvalue weighted by Crippen LogP contribution is 2.21. The van der Waals surface area contributed by atoms with Crippen molar-refractivity contribution >= 4 is 5.69 Å². The van der Waals surface area contributed by atoms with Crippen molar-refractivity contribution in [1.82, 2.24) is 9.97 Å². The van der Waals surface area contributed by atoms with Gasteiger partial charge < -0.3 is 5.73 Å². The van der Waals surface area contributed by atoms with E-state index in [0.29, 0.717) is 0 Å². The predicted octanol–water partition coefficient (Wildman–Crippen LogP) is 2.34. The van der Waals surface area contributed by atoms with E-state index in [1.807, 2.05) is 38.2 Å². The molecule has 0 aliphatic carbocycles. The molecule has 15 heavy (non-hydrogen) atoms. The molecule has 2 rings (SSSR count). The molecule has 76 valence electrons. The summed E-state index contributed by atoms with van der Waals surface area (Å²) in [5.41, 5.74) is 10.5. The van der Waals surface area contributed by atoms with Gasteiger partial charge in [0.25, 0.3) is 0 Å². The van der Waals surface area contributed by atoms with Crippen LogP contribution in [0.25, 0.3) is 11.3 Å². The number of aryl methyl sites for hydroxylation is 2. The van der Waals surface area contributed by atoms with Crippen molar-refractivity contribution in [2.45, 2.75) is 13.8 Å². The van der Waals surface area contributed by atoms with Crippen LogP contribution in [0, 0.1) is 13.8 Å². The molecule has 0 aliphatic heterocycles. The Kier molecular flexibility index (Phi) is 2.37. The zero-order valence-corrected chi connectivity index (χ0v) is 8.86. The summed E-state index contributed by atoms with van der Waals surface area (Å²) in [6.45, 7) is 3.95. The van der Waals surface area contributed by atoms with Gasteiger partial charge in [-0.1, -0.05) is 0 Å². The maximum atomic E-state index is 5.73. The molecule has 0 unspecified atom stereocenters. The Morgan fingerprint density at radius 3 is 2.60 bits per heavy atom. The van der Waals surface area contributed by atoms with Gasteiger partial charge in [-0.25, -0.2) is 0 Å². The van der Waals surface area contributed by atoms with Crippen LogP contribution in [0.3, 0.4) is 0 Å². The van der Waals surface area contributed by atoms with Gasteiger partial charge in [0, 0.05) is 18.0 Å². The molecular formula is C12H13N3. The lowest BCUT2D eigenvalue weighted by Gasteiger charge is -2.06. The maximum Gasteiger partial charge on any atom is 0.0724 e. The van der Waals surface area contributed by atoms with E-state index in [9.17, 15) is 0 Å². The molecule has 0 bridgehead atoms. The van der Waals surface area contributed by atoms with Crippen LogP contribution in [0.2, 0.25) is 0 Å². The second kappa shape index (κ2) is 3.69. The summed E-state index contributed by atoms with van der Waals surface area (Å²) in [6, 6.07) is 5.78. The molecule has 2 N–H and O–H groups in total. The summed E-state index contributed by atoms with van der Waals surface area (Å²) < 4.78 is 0. The molecular weight excluding hydrogens is 186 g/mol. The predicted molar refractivity (Wildman–Crippen MR) is 61.4 cm³/mol. The fraction of sp³-hybridized carbons (Fsp3) is 0.167. The molecule has 3 nitrogen and oxygen atoms in total. The summed E-state index contributed by atoms with van der Waals surface area (Å²) in [7, 11) is 0. The number of nitrogens with two attached hydrogens (primary N) is 1. The van der Waals surface area contributed by atoms with Crippen LogP contribution in [0.4, 0.5) is 5.69 Å². The highest BCUT2D eigenvalue weighted by atomic mass is 14.8. The fourth-order valence-electron chi connectivity index (χ4n) is 1.45. The third-order valence-electron chi connectivity index (χ3n) is 2.44. The number of hydrogen-bond acceptors (Lipinski definition) is 3. The lowest BCUT2D eigenvalue weighted by atomic mass is 10.1. The third-order valence-corrected chi connectivity index (χ3v) is 2.44. The first-order chi connectivity index (χ1) is 7.18. The van der Waals surface area contributed by atoms with Gasteiger partial charge in [0.15, 0.2) is 0 Å². The highest BCUT2D eigenvalue weighted by molar-refractivity contribution is 5.64. The van der Waals surface area contributed by atoms with Crippen LogP contribution in [-0.4, -0.2) is 9.97 Å². The Balaban J connectivity index is 2.55. The van der Waals surface area contributed by atoms with Gasteiger partial charge in [0.05, 0.1) is 17.1 Å². The SMILES string of the molecule is Cc1ccncc1-c1ccc(N)c(C)n1. The number of nitrogens with zero attached hydrogens (tertiary/aromatic N) is 2. The van der Waals surface area contributed by atoms with Gasteiger partial charge >= 0.3 is 0 Å². The Morgan fingerprint density at radius 2 is 1.93 bits per heavy atom. The van der Waals surface area contributed by atoms with E-state index in [2.05, 4.69) is 9.97 Å². The van der Waals surface area contributed by atoms with Crippen LogP contribution in [0.5, 0.6) is 0 Å². The first-order valence-electron chi connectivity index (χ1n) is 4.82. The zero-order chi connectivity index (χ0) is 10.8. The summed E-state index contributed by atoms with van der Waals surface area (Å²) >= 11 is 0. The van der Waals surface area contributed by atoms with E-state index < -0.39 is 0 Å². The van der Waals surface area contributed by atoms with Crippen LogP contribution in [0.15, 0.2) is 30.6 Å². The minimum Gasteiger partial charge on any atom is -0.397 e. The normalized spacial score (nSPS) is 10.3. The smallest absolute Gasteiger partial charge is 0.0724 e.